The molecule has 8 heavy (non-hydrogen) atoms. The lowest BCUT2D eigenvalue weighted by Crippen LogP contribution is -2.00. The van der Waals surface area contributed by atoms with Crippen molar-refractivity contribution in [3.05, 3.63) is 10.7 Å². The fourth-order valence-electron chi connectivity index (χ4n) is 0.384. The number of nitrogens with zero attached hydrogens (tertiary/aromatic N) is 2. The summed E-state index contributed by atoms with van der Waals surface area (Å²) in [6, 6.07) is -0.380. The van der Waals surface area contributed by atoms with Gasteiger partial charge in [-0.25, -0.2) is 0 Å². The maximum atomic E-state index is 9.99. The molecule has 0 fully saturated rings. The van der Waals surface area contributed by atoms with Gasteiger partial charge in [-0.05, 0) is 0 Å². The minimum Gasteiger partial charge on any atom is -0.300 e. The number of hydrogen-bond donors (Lipinski definition) is 0. The van der Waals surface area contributed by atoms with E-state index in [-0.39, 0.29) is 6.04 Å². The van der Waals surface area contributed by atoms with Gasteiger partial charge in [0.15, 0.2) is 12.3 Å². The molecule has 0 aliphatic carbocycles. The van der Waals surface area contributed by atoms with Crippen LogP contribution in [0.5, 0.6) is 0 Å². The van der Waals surface area contributed by atoms with Gasteiger partial charge in [0.1, 0.15) is 0 Å². The Morgan fingerprint density at radius 1 is 1.88 bits per heavy atom. The van der Waals surface area contributed by atoms with Gasteiger partial charge in [-0.2, -0.15) is 10.2 Å². The highest BCUT2D eigenvalue weighted by Gasteiger charge is 2.12. The molecule has 0 N–H and O–H groups in total. The van der Waals surface area contributed by atoms with Crippen molar-refractivity contribution in [2.75, 3.05) is 0 Å². The third-order valence-electron chi connectivity index (χ3n) is 0.784. The smallest absolute Gasteiger partial charge is 0.159 e. The second kappa shape index (κ2) is 2.17. The number of carbonyl (C=O) groups is 1. The molecule has 4 heteroatoms. The molecule has 1 rings (SSSR count). The zero-order valence-corrected chi connectivity index (χ0v) is 5.50. The Balaban J connectivity index is 2.71. The van der Waals surface area contributed by atoms with E-state index >= 15 is 0 Å². The highest BCUT2D eigenvalue weighted by molar-refractivity contribution is 9.11. The first-order valence-corrected chi connectivity index (χ1v) is 2.84. The number of azo groups is 1. The number of aldehydes is 1. The van der Waals surface area contributed by atoms with Gasteiger partial charge < -0.3 is 4.79 Å². The van der Waals surface area contributed by atoms with Crippen molar-refractivity contribution in [1.29, 1.82) is 0 Å². The Morgan fingerprint density at radius 3 is 2.88 bits per heavy atom. The molecule has 1 atom stereocenters. The van der Waals surface area contributed by atoms with Crippen LogP contribution in [0.3, 0.4) is 0 Å². The standard InChI is InChI=1S/C4H3BrN2O/c5-3-1-6-7-4(3)2-8/h1-2,4H/t4-/m0/s1. The highest BCUT2D eigenvalue weighted by Crippen LogP contribution is 2.18. The van der Waals surface area contributed by atoms with Crippen LogP contribution in [-0.4, -0.2) is 12.3 Å². The largest absolute Gasteiger partial charge is 0.300 e. The van der Waals surface area contributed by atoms with E-state index < -0.39 is 0 Å². The van der Waals surface area contributed by atoms with Crippen LogP contribution in [0.25, 0.3) is 0 Å². The second-order valence-electron chi connectivity index (χ2n) is 1.33. The Morgan fingerprint density at radius 2 is 2.62 bits per heavy atom. The average Bonchev–Trinajstić information content (AvgIpc) is 2.14. The van der Waals surface area contributed by atoms with Crippen molar-refractivity contribution in [3.63, 3.8) is 0 Å². The van der Waals surface area contributed by atoms with Crippen molar-refractivity contribution in [3.8, 4) is 0 Å². The Bertz CT molecular complexity index is 163. The summed E-state index contributed by atoms with van der Waals surface area (Å²) >= 11 is 3.11. The molecule has 0 bridgehead atoms. The van der Waals surface area contributed by atoms with E-state index in [0.29, 0.717) is 0 Å². The fourth-order valence-corrected chi connectivity index (χ4v) is 0.675. The van der Waals surface area contributed by atoms with Crippen molar-refractivity contribution in [2.24, 2.45) is 10.2 Å². The highest BCUT2D eigenvalue weighted by atomic mass is 79.9. The molecule has 0 saturated carbocycles. The van der Waals surface area contributed by atoms with Crippen LogP contribution >= 0.6 is 15.9 Å². The molecule has 1 aliphatic rings. The summed E-state index contributed by atoms with van der Waals surface area (Å²) in [5.74, 6) is 0. The van der Waals surface area contributed by atoms with Crippen LogP contribution in [0.2, 0.25) is 0 Å². The first-order valence-electron chi connectivity index (χ1n) is 2.05. The number of rotatable bonds is 1. The zero-order chi connectivity index (χ0) is 5.98. The molecule has 42 valence electrons. The Kier molecular flexibility index (Phi) is 1.53. The fraction of sp³-hybridized carbons (Fsp3) is 0.250. The van der Waals surface area contributed by atoms with E-state index in [1.807, 2.05) is 0 Å². The predicted molar refractivity (Wildman–Crippen MR) is 31.7 cm³/mol. The van der Waals surface area contributed by atoms with Gasteiger partial charge in [0.2, 0.25) is 0 Å². The quantitative estimate of drug-likeness (QED) is 0.553. The van der Waals surface area contributed by atoms with Crippen molar-refractivity contribution in [2.45, 2.75) is 6.04 Å². The molecule has 0 unspecified atom stereocenters. The van der Waals surface area contributed by atoms with E-state index in [9.17, 15) is 4.79 Å². The summed E-state index contributed by atoms with van der Waals surface area (Å²) in [5.41, 5.74) is 0. The molecule has 0 aromatic heterocycles. The summed E-state index contributed by atoms with van der Waals surface area (Å²) < 4.78 is 0.729. The topological polar surface area (TPSA) is 41.8 Å². The van der Waals surface area contributed by atoms with Crippen molar-refractivity contribution >= 4 is 22.2 Å². The monoisotopic (exact) mass is 174 g/mol. The minimum absolute atomic E-state index is 0.380. The molecule has 1 aliphatic heterocycles. The van der Waals surface area contributed by atoms with Crippen LogP contribution in [0, 0.1) is 0 Å². The molecular weight excluding hydrogens is 172 g/mol. The lowest BCUT2D eigenvalue weighted by molar-refractivity contribution is -0.108. The van der Waals surface area contributed by atoms with Gasteiger partial charge >= 0.3 is 0 Å². The molecule has 0 spiro atoms. The summed E-state index contributed by atoms with van der Waals surface area (Å²) in [6.07, 6.45) is 2.25. The van der Waals surface area contributed by atoms with E-state index in [1.54, 1.807) is 0 Å². The molecule has 0 aromatic carbocycles. The van der Waals surface area contributed by atoms with Crippen LogP contribution in [-0.2, 0) is 4.79 Å². The van der Waals surface area contributed by atoms with Gasteiger partial charge in [0.05, 0.1) is 6.20 Å². The first-order chi connectivity index (χ1) is 3.84. The van der Waals surface area contributed by atoms with Gasteiger partial charge in [0.25, 0.3) is 0 Å². The minimum atomic E-state index is -0.380. The average molecular weight is 175 g/mol. The van der Waals surface area contributed by atoms with E-state index in [4.69, 9.17) is 0 Å². The van der Waals surface area contributed by atoms with Crippen LogP contribution in [0.15, 0.2) is 20.9 Å². The molecule has 0 amide bonds. The van der Waals surface area contributed by atoms with Gasteiger partial charge in [-0.3, -0.25) is 0 Å². The Labute approximate surface area is 54.6 Å². The lowest BCUT2D eigenvalue weighted by Gasteiger charge is -1.89. The number of halogens is 1. The van der Waals surface area contributed by atoms with Crippen molar-refractivity contribution in [1.82, 2.24) is 0 Å². The summed E-state index contributed by atoms with van der Waals surface area (Å²) in [4.78, 5) is 9.99. The lowest BCUT2D eigenvalue weighted by atomic mass is 10.4. The molecule has 0 radical (unpaired) electrons. The molecule has 0 aromatic rings. The van der Waals surface area contributed by atoms with Crippen LogP contribution in [0.1, 0.15) is 0 Å². The molecular formula is C4H3BrN2O. The van der Waals surface area contributed by atoms with E-state index in [1.165, 1.54) is 6.20 Å². The van der Waals surface area contributed by atoms with Crippen molar-refractivity contribution < 1.29 is 4.79 Å². The molecule has 3 nitrogen and oxygen atoms in total. The normalized spacial score (nSPS) is 25.6. The van der Waals surface area contributed by atoms with E-state index in [0.717, 1.165) is 10.8 Å². The molecule has 1 heterocycles. The summed E-state index contributed by atoms with van der Waals surface area (Å²) in [7, 11) is 0. The van der Waals surface area contributed by atoms with Gasteiger partial charge in [0, 0.05) is 4.48 Å². The Hall–Kier alpha value is -0.510. The number of hydrogen-bond acceptors (Lipinski definition) is 3. The van der Waals surface area contributed by atoms with Crippen LogP contribution in [0.4, 0.5) is 0 Å². The zero-order valence-electron chi connectivity index (χ0n) is 3.91. The third-order valence-corrected chi connectivity index (χ3v) is 1.46. The first kappa shape index (κ1) is 5.62. The van der Waals surface area contributed by atoms with Crippen LogP contribution < -0.4 is 0 Å². The third kappa shape index (κ3) is 0.838. The predicted octanol–water partition coefficient (Wildman–Crippen LogP) is 1.26. The maximum absolute atomic E-state index is 9.99. The maximum Gasteiger partial charge on any atom is 0.159 e. The van der Waals surface area contributed by atoms with Gasteiger partial charge in [-0.15, -0.1) is 0 Å². The summed E-state index contributed by atoms with van der Waals surface area (Å²) in [6.45, 7) is 0. The summed E-state index contributed by atoms with van der Waals surface area (Å²) in [5, 5.41) is 7.05. The molecule has 0 saturated heterocycles. The second-order valence-corrected chi connectivity index (χ2v) is 2.24. The van der Waals surface area contributed by atoms with Gasteiger partial charge in [-0.1, -0.05) is 15.9 Å². The number of carbonyl (C=O) groups excluding carboxylic acids is 1. The SMILES string of the molecule is O=C[C@@H]1N=NC=C1Br. The van der Waals surface area contributed by atoms with E-state index in [2.05, 4.69) is 26.2 Å².